The number of piperidine rings is 1. The summed E-state index contributed by atoms with van der Waals surface area (Å²) in [7, 11) is 0. The molecular formula is C24H33NO3. The summed E-state index contributed by atoms with van der Waals surface area (Å²) in [5.41, 5.74) is 2.57. The molecule has 1 aromatic rings. The summed E-state index contributed by atoms with van der Waals surface area (Å²) in [6, 6.07) is 7.49. The molecule has 0 bridgehead atoms. The third kappa shape index (κ3) is 3.86. The molecule has 152 valence electrons. The molecule has 0 aromatic heterocycles. The van der Waals surface area contributed by atoms with Gasteiger partial charge < -0.3 is 9.47 Å². The fourth-order valence-electron chi connectivity index (χ4n) is 5.33. The summed E-state index contributed by atoms with van der Waals surface area (Å²) < 4.78 is 12.7. The minimum atomic E-state index is -0.399. The standard InChI is InChI=1S/C24H33NO3/c26-22-9-6-18(7-10-22)4-5-19-8-11-23-20(16-19)17-27-24(28-23)12-14-25(15-13-24)21-2-1-3-21/h8,11,16,18,21H,1-7,9-10,12-15,17H2. The average molecular weight is 384 g/mol. The van der Waals surface area contributed by atoms with Gasteiger partial charge in [-0.25, -0.2) is 0 Å². The lowest BCUT2D eigenvalue weighted by Gasteiger charge is -2.47. The number of aryl methyl sites for hydroxylation is 1. The summed E-state index contributed by atoms with van der Waals surface area (Å²) in [5.74, 6) is 1.79. The Morgan fingerprint density at radius 2 is 1.86 bits per heavy atom. The molecule has 1 aromatic carbocycles. The van der Waals surface area contributed by atoms with Gasteiger partial charge >= 0.3 is 0 Å². The Balaban J connectivity index is 1.16. The van der Waals surface area contributed by atoms with Crippen LogP contribution in [0.25, 0.3) is 0 Å². The van der Waals surface area contributed by atoms with E-state index in [1.165, 1.54) is 36.8 Å². The quantitative estimate of drug-likeness (QED) is 0.760. The molecule has 1 saturated heterocycles. The minimum Gasteiger partial charge on any atom is -0.462 e. The van der Waals surface area contributed by atoms with Crippen LogP contribution in [-0.2, 0) is 22.6 Å². The van der Waals surface area contributed by atoms with Crippen LogP contribution in [0, 0.1) is 5.92 Å². The van der Waals surface area contributed by atoms with Crippen LogP contribution in [0.2, 0.25) is 0 Å². The van der Waals surface area contributed by atoms with Crippen molar-refractivity contribution in [2.75, 3.05) is 13.1 Å². The van der Waals surface area contributed by atoms with Crippen LogP contribution in [0.15, 0.2) is 18.2 Å². The topological polar surface area (TPSA) is 38.8 Å². The van der Waals surface area contributed by atoms with Crippen molar-refractivity contribution in [3.05, 3.63) is 29.3 Å². The zero-order chi connectivity index (χ0) is 19.0. The highest BCUT2D eigenvalue weighted by Gasteiger charge is 2.42. The maximum absolute atomic E-state index is 11.4. The van der Waals surface area contributed by atoms with Crippen molar-refractivity contribution in [3.63, 3.8) is 0 Å². The molecule has 1 spiro atoms. The SMILES string of the molecule is O=C1CCC(CCc2ccc3c(c2)COC2(CCN(C4CCC4)CC2)O3)CC1. The van der Waals surface area contributed by atoms with Crippen molar-refractivity contribution in [2.24, 2.45) is 5.92 Å². The number of carbonyl (C=O) groups excluding carboxylic acids is 1. The maximum Gasteiger partial charge on any atom is 0.213 e. The van der Waals surface area contributed by atoms with Gasteiger partial charge in [-0.3, -0.25) is 9.69 Å². The second-order valence-electron chi connectivity index (χ2n) is 9.38. The third-order valence-corrected chi connectivity index (χ3v) is 7.57. The van der Waals surface area contributed by atoms with Crippen LogP contribution in [0.5, 0.6) is 5.75 Å². The van der Waals surface area contributed by atoms with E-state index in [1.807, 2.05) is 0 Å². The molecule has 2 saturated carbocycles. The first kappa shape index (κ1) is 18.6. The number of ether oxygens (including phenoxy) is 2. The van der Waals surface area contributed by atoms with Gasteiger partial charge in [-0.2, -0.15) is 0 Å². The third-order valence-electron chi connectivity index (χ3n) is 7.57. The minimum absolute atomic E-state index is 0.399. The lowest BCUT2D eigenvalue weighted by Crippen LogP contribution is -2.54. The molecular weight excluding hydrogens is 350 g/mol. The molecule has 0 radical (unpaired) electrons. The van der Waals surface area contributed by atoms with E-state index in [2.05, 4.69) is 23.1 Å². The number of rotatable bonds is 4. The molecule has 4 aliphatic rings. The number of Topliss-reactive ketones (excluding diaryl/α,β-unsaturated/α-hetero) is 1. The van der Waals surface area contributed by atoms with Crippen molar-refractivity contribution in [1.82, 2.24) is 4.90 Å². The van der Waals surface area contributed by atoms with E-state index in [4.69, 9.17) is 9.47 Å². The molecule has 4 nitrogen and oxygen atoms in total. The zero-order valence-electron chi connectivity index (χ0n) is 17.0. The van der Waals surface area contributed by atoms with E-state index in [-0.39, 0.29) is 0 Å². The van der Waals surface area contributed by atoms with Crippen LogP contribution in [0.4, 0.5) is 0 Å². The number of benzene rings is 1. The highest BCUT2D eigenvalue weighted by molar-refractivity contribution is 5.79. The summed E-state index contributed by atoms with van der Waals surface area (Å²) >= 11 is 0. The molecule has 4 heteroatoms. The van der Waals surface area contributed by atoms with Gasteiger partial charge in [0.1, 0.15) is 11.5 Å². The molecule has 2 aliphatic heterocycles. The molecule has 5 rings (SSSR count). The number of fused-ring (bicyclic) bond motifs is 1. The first-order valence-electron chi connectivity index (χ1n) is 11.4. The molecule has 0 unspecified atom stereocenters. The molecule has 3 fully saturated rings. The predicted molar refractivity (Wildman–Crippen MR) is 108 cm³/mol. The van der Waals surface area contributed by atoms with Gasteiger partial charge in [0.25, 0.3) is 0 Å². The highest BCUT2D eigenvalue weighted by Crippen LogP contribution is 2.39. The second kappa shape index (κ2) is 7.79. The fourth-order valence-corrected chi connectivity index (χ4v) is 5.33. The van der Waals surface area contributed by atoms with Crippen molar-refractivity contribution >= 4 is 5.78 Å². The molecule has 2 aliphatic carbocycles. The van der Waals surface area contributed by atoms with Crippen molar-refractivity contribution < 1.29 is 14.3 Å². The van der Waals surface area contributed by atoms with Crippen molar-refractivity contribution in [2.45, 2.75) is 89.1 Å². The smallest absolute Gasteiger partial charge is 0.213 e. The van der Waals surface area contributed by atoms with Crippen LogP contribution in [0.1, 0.15) is 75.3 Å². The Kier molecular flexibility index (Phi) is 5.18. The largest absolute Gasteiger partial charge is 0.462 e. The van der Waals surface area contributed by atoms with Crippen LogP contribution < -0.4 is 4.74 Å². The Labute approximate surface area is 168 Å². The van der Waals surface area contributed by atoms with E-state index in [0.29, 0.717) is 18.3 Å². The number of likely N-dealkylation sites (tertiary alicyclic amines) is 1. The van der Waals surface area contributed by atoms with E-state index in [9.17, 15) is 4.79 Å². The molecule has 0 atom stereocenters. The first-order valence-corrected chi connectivity index (χ1v) is 11.4. The number of hydrogen-bond acceptors (Lipinski definition) is 4. The number of nitrogens with zero attached hydrogens (tertiary/aromatic N) is 1. The van der Waals surface area contributed by atoms with Gasteiger partial charge in [0, 0.05) is 50.4 Å². The molecule has 0 N–H and O–H groups in total. The summed E-state index contributed by atoms with van der Waals surface area (Å²) in [6.45, 7) is 2.87. The fraction of sp³-hybridized carbons (Fsp3) is 0.708. The van der Waals surface area contributed by atoms with Crippen molar-refractivity contribution in [1.29, 1.82) is 0 Å². The highest BCUT2D eigenvalue weighted by atomic mass is 16.7. The van der Waals surface area contributed by atoms with Gasteiger partial charge in [-0.1, -0.05) is 12.5 Å². The van der Waals surface area contributed by atoms with Gasteiger partial charge in [-0.15, -0.1) is 0 Å². The zero-order valence-corrected chi connectivity index (χ0v) is 17.0. The number of ketones is 1. The Bertz CT molecular complexity index is 709. The second-order valence-corrected chi connectivity index (χ2v) is 9.38. The lowest BCUT2D eigenvalue weighted by atomic mass is 9.84. The molecule has 28 heavy (non-hydrogen) atoms. The number of hydrogen-bond donors (Lipinski definition) is 0. The Morgan fingerprint density at radius 3 is 2.57 bits per heavy atom. The summed E-state index contributed by atoms with van der Waals surface area (Å²) in [4.78, 5) is 14.0. The molecule has 2 heterocycles. The summed E-state index contributed by atoms with van der Waals surface area (Å²) in [5, 5.41) is 0. The first-order chi connectivity index (χ1) is 13.7. The van der Waals surface area contributed by atoms with E-state index in [1.54, 1.807) is 0 Å². The lowest BCUT2D eigenvalue weighted by molar-refractivity contribution is -0.231. The maximum atomic E-state index is 11.4. The monoisotopic (exact) mass is 383 g/mol. The van der Waals surface area contributed by atoms with E-state index >= 15 is 0 Å². The normalized spacial score (nSPS) is 25.9. The van der Waals surface area contributed by atoms with Gasteiger partial charge in [0.05, 0.1) is 6.61 Å². The number of carbonyl (C=O) groups is 1. The van der Waals surface area contributed by atoms with Crippen LogP contribution >= 0.6 is 0 Å². The van der Waals surface area contributed by atoms with E-state index < -0.39 is 5.79 Å². The Hall–Kier alpha value is -1.39. The molecule has 0 amide bonds. The van der Waals surface area contributed by atoms with Gasteiger partial charge in [0.15, 0.2) is 0 Å². The van der Waals surface area contributed by atoms with Crippen molar-refractivity contribution in [3.8, 4) is 5.75 Å². The van der Waals surface area contributed by atoms with Crippen LogP contribution in [-0.4, -0.2) is 35.6 Å². The Morgan fingerprint density at radius 1 is 1.07 bits per heavy atom. The summed E-state index contributed by atoms with van der Waals surface area (Å²) in [6.07, 6.45) is 12.1. The predicted octanol–water partition coefficient (Wildman–Crippen LogP) is 4.63. The van der Waals surface area contributed by atoms with Gasteiger partial charge in [-0.05, 0) is 62.1 Å². The van der Waals surface area contributed by atoms with Crippen LogP contribution in [0.3, 0.4) is 0 Å². The average Bonchev–Trinajstić information content (AvgIpc) is 2.68. The van der Waals surface area contributed by atoms with E-state index in [0.717, 1.165) is 69.8 Å². The van der Waals surface area contributed by atoms with Gasteiger partial charge in [0.2, 0.25) is 5.79 Å².